The van der Waals surface area contributed by atoms with Crippen molar-refractivity contribution in [3.05, 3.63) is 102 Å². The first-order valence-corrected chi connectivity index (χ1v) is 11.7. The third kappa shape index (κ3) is 5.11. The summed E-state index contributed by atoms with van der Waals surface area (Å²) in [7, 11) is 0. The molecule has 0 aliphatic rings. The van der Waals surface area contributed by atoms with Crippen LogP contribution in [0.4, 0.5) is 5.69 Å². The average molecular weight is 471 g/mol. The van der Waals surface area contributed by atoms with Crippen molar-refractivity contribution in [3.63, 3.8) is 0 Å². The number of oxazole rings is 1. The molecule has 0 spiro atoms. The van der Waals surface area contributed by atoms with Crippen LogP contribution in [0.1, 0.15) is 0 Å². The zero-order valence-electron chi connectivity index (χ0n) is 17.5. The summed E-state index contributed by atoms with van der Waals surface area (Å²) in [6, 6.07) is 31.2. The number of thioether (sulfide) groups is 1. The van der Waals surface area contributed by atoms with Gasteiger partial charge in [-0.3, -0.25) is 4.79 Å². The second-order valence-electron chi connectivity index (χ2n) is 7.44. The van der Waals surface area contributed by atoms with Crippen LogP contribution in [0, 0.1) is 0 Å². The normalized spacial score (nSPS) is 10.9. The molecular formula is C27H19ClN2O2S. The largest absolute Gasteiger partial charge is 0.436 e. The molecule has 0 unspecified atom stereocenters. The second-order valence-corrected chi connectivity index (χ2v) is 8.92. The molecule has 1 amide bonds. The van der Waals surface area contributed by atoms with E-state index < -0.39 is 0 Å². The van der Waals surface area contributed by atoms with Crippen LogP contribution in [0.5, 0.6) is 0 Å². The van der Waals surface area contributed by atoms with Gasteiger partial charge >= 0.3 is 0 Å². The lowest BCUT2D eigenvalue weighted by Gasteiger charge is -2.05. The van der Waals surface area contributed by atoms with Crippen LogP contribution in [-0.2, 0) is 4.79 Å². The molecule has 5 aromatic rings. The molecule has 0 fully saturated rings. The first kappa shape index (κ1) is 21.3. The number of hydrogen-bond donors (Lipinski definition) is 1. The van der Waals surface area contributed by atoms with Gasteiger partial charge in [-0.25, -0.2) is 4.98 Å². The number of fused-ring (bicyclic) bond motifs is 1. The Labute approximate surface area is 200 Å². The average Bonchev–Trinajstić information content (AvgIpc) is 3.28. The highest BCUT2D eigenvalue weighted by atomic mass is 35.5. The molecule has 162 valence electrons. The number of aromatic nitrogens is 1. The number of hydrogen-bond acceptors (Lipinski definition) is 4. The van der Waals surface area contributed by atoms with Crippen LogP contribution < -0.4 is 5.32 Å². The van der Waals surface area contributed by atoms with E-state index in [4.69, 9.17) is 16.0 Å². The van der Waals surface area contributed by atoms with Gasteiger partial charge in [0.15, 0.2) is 5.58 Å². The van der Waals surface area contributed by atoms with Gasteiger partial charge in [0.05, 0.1) is 5.75 Å². The number of nitrogens with zero attached hydrogens (tertiary/aromatic N) is 1. The van der Waals surface area contributed by atoms with Crippen molar-refractivity contribution in [3.8, 4) is 22.6 Å². The summed E-state index contributed by atoms with van der Waals surface area (Å²) in [6.45, 7) is 0. The van der Waals surface area contributed by atoms with Crippen molar-refractivity contribution in [1.29, 1.82) is 0 Å². The topological polar surface area (TPSA) is 55.1 Å². The van der Waals surface area contributed by atoms with Gasteiger partial charge in [-0.1, -0.05) is 54.1 Å². The molecule has 1 heterocycles. The zero-order chi connectivity index (χ0) is 22.6. The maximum absolute atomic E-state index is 12.4. The zero-order valence-corrected chi connectivity index (χ0v) is 19.1. The Morgan fingerprint density at radius 1 is 0.848 bits per heavy atom. The van der Waals surface area contributed by atoms with Crippen molar-refractivity contribution < 1.29 is 9.21 Å². The second kappa shape index (κ2) is 9.53. The first-order valence-electron chi connectivity index (χ1n) is 10.4. The van der Waals surface area contributed by atoms with E-state index in [1.807, 2.05) is 72.8 Å². The fourth-order valence-electron chi connectivity index (χ4n) is 3.44. The first-order chi connectivity index (χ1) is 16.1. The standard InChI is InChI=1S/C27H19ClN2O2S/c28-21-10-13-23(14-11-21)33-17-26(31)29-22-12-15-25-24(16-22)30-27(32-25)20-8-6-19(7-9-20)18-4-2-1-3-5-18/h1-16H,17H2,(H,29,31). The minimum absolute atomic E-state index is 0.0884. The molecule has 0 saturated carbocycles. The maximum Gasteiger partial charge on any atom is 0.234 e. The molecule has 5 rings (SSSR count). The molecule has 0 aliphatic heterocycles. The van der Waals surface area contributed by atoms with Crippen molar-refractivity contribution in [1.82, 2.24) is 4.98 Å². The van der Waals surface area contributed by atoms with Crippen LogP contribution in [0.25, 0.3) is 33.7 Å². The highest BCUT2D eigenvalue weighted by Crippen LogP contribution is 2.28. The predicted molar refractivity (Wildman–Crippen MR) is 136 cm³/mol. The highest BCUT2D eigenvalue weighted by molar-refractivity contribution is 8.00. The molecule has 0 aliphatic carbocycles. The van der Waals surface area contributed by atoms with Gasteiger partial charge in [0, 0.05) is 21.2 Å². The highest BCUT2D eigenvalue weighted by Gasteiger charge is 2.11. The number of amides is 1. The minimum Gasteiger partial charge on any atom is -0.436 e. The van der Waals surface area contributed by atoms with E-state index in [0.717, 1.165) is 21.6 Å². The van der Waals surface area contributed by atoms with Crippen molar-refractivity contribution in [2.45, 2.75) is 4.90 Å². The number of halogens is 1. The van der Waals surface area contributed by atoms with Gasteiger partial charge in [-0.05, 0) is 65.7 Å². The Bertz CT molecular complexity index is 1400. The van der Waals surface area contributed by atoms with Crippen LogP contribution in [0.2, 0.25) is 5.02 Å². The lowest BCUT2D eigenvalue weighted by atomic mass is 10.0. The molecule has 0 atom stereocenters. The van der Waals surface area contributed by atoms with Crippen molar-refractivity contribution >= 4 is 46.1 Å². The van der Waals surface area contributed by atoms with Crippen LogP contribution >= 0.6 is 23.4 Å². The SMILES string of the molecule is O=C(CSc1ccc(Cl)cc1)Nc1ccc2oc(-c3ccc(-c4ccccc4)cc3)nc2c1. The predicted octanol–water partition coefficient (Wildman–Crippen LogP) is 7.55. The Hall–Kier alpha value is -3.54. The summed E-state index contributed by atoms with van der Waals surface area (Å²) < 4.78 is 5.94. The summed E-state index contributed by atoms with van der Waals surface area (Å²) >= 11 is 7.36. The van der Waals surface area contributed by atoms with E-state index in [1.165, 1.54) is 11.8 Å². The van der Waals surface area contributed by atoms with E-state index >= 15 is 0 Å². The van der Waals surface area contributed by atoms with E-state index in [0.29, 0.717) is 33.5 Å². The fourth-order valence-corrected chi connectivity index (χ4v) is 4.27. The number of carbonyl (C=O) groups is 1. The molecule has 1 N–H and O–H groups in total. The van der Waals surface area contributed by atoms with E-state index in [-0.39, 0.29) is 5.91 Å². The van der Waals surface area contributed by atoms with Crippen LogP contribution in [-0.4, -0.2) is 16.6 Å². The van der Waals surface area contributed by atoms with Gasteiger partial charge < -0.3 is 9.73 Å². The molecular weight excluding hydrogens is 452 g/mol. The lowest BCUT2D eigenvalue weighted by Crippen LogP contribution is -2.13. The molecule has 1 aromatic heterocycles. The summed E-state index contributed by atoms with van der Waals surface area (Å²) in [5.41, 5.74) is 5.25. The Morgan fingerprint density at radius 3 is 2.30 bits per heavy atom. The summed E-state index contributed by atoms with van der Waals surface area (Å²) in [5.74, 6) is 0.762. The quantitative estimate of drug-likeness (QED) is 0.260. The smallest absolute Gasteiger partial charge is 0.234 e. The van der Waals surface area contributed by atoms with Gasteiger partial charge in [0.25, 0.3) is 0 Å². The van der Waals surface area contributed by atoms with E-state index in [2.05, 4.69) is 34.6 Å². The molecule has 0 bridgehead atoms. The van der Waals surface area contributed by atoms with Gasteiger partial charge in [-0.2, -0.15) is 0 Å². The molecule has 33 heavy (non-hydrogen) atoms. The monoisotopic (exact) mass is 470 g/mol. The number of carbonyl (C=O) groups excluding carboxylic acids is 1. The Balaban J connectivity index is 1.27. The third-order valence-corrected chi connectivity index (χ3v) is 6.36. The summed E-state index contributed by atoms with van der Waals surface area (Å²) in [5, 5.41) is 3.60. The number of nitrogens with one attached hydrogen (secondary N) is 1. The van der Waals surface area contributed by atoms with Crippen LogP contribution in [0.15, 0.2) is 106 Å². The third-order valence-electron chi connectivity index (χ3n) is 5.09. The van der Waals surface area contributed by atoms with E-state index in [1.54, 1.807) is 0 Å². The molecule has 0 radical (unpaired) electrons. The number of rotatable bonds is 6. The molecule has 0 saturated heterocycles. The van der Waals surface area contributed by atoms with Crippen LogP contribution in [0.3, 0.4) is 0 Å². The Morgan fingerprint density at radius 2 is 1.55 bits per heavy atom. The molecule has 4 nitrogen and oxygen atoms in total. The fraction of sp³-hybridized carbons (Fsp3) is 0.0370. The van der Waals surface area contributed by atoms with Crippen molar-refractivity contribution in [2.75, 3.05) is 11.1 Å². The summed E-state index contributed by atoms with van der Waals surface area (Å²) in [6.07, 6.45) is 0. The summed E-state index contributed by atoms with van der Waals surface area (Å²) in [4.78, 5) is 18.0. The van der Waals surface area contributed by atoms with Gasteiger partial charge in [0.1, 0.15) is 5.52 Å². The van der Waals surface area contributed by atoms with Crippen molar-refractivity contribution in [2.24, 2.45) is 0 Å². The molecule has 6 heteroatoms. The maximum atomic E-state index is 12.4. The number of benzene rings is 4. The van der Waals surface area contributed by atoms with E-state index in [9.17, 15) is 4.79 Å². The molecule has 4 aromatic carbocycles. The lowest BCUT2D eigenvalue weighted by molar-refractivity contribution is -0.113. The van der Waals surface area contributed by atoms with Gasteiger partial charge in [-0.15, -0.1) is 11.8 Å². The minimum atomic E-state index is -0.0884. The van der Waals surface area contributed by atoms with Gasteiger partial charge in [0.2, 0.25) is 11.8 Å². The Kier molecular flexibility index (Phi) is 6.15. The number of anilines is 1.